The van der Waals surface area contributed by atoms with E-state index >= 15 is 0 Å². The molecule has 1 unspecified atom stereocenters. The SMILES string of the molecule is CC(=O)C(O)C1CCC(NN)CC1. The van der Waals surface area contributed by atoms with Gasteiger partial charge in [-0.25, -0.2) is 0 Å². The van der Waals surface area contributed by atoms with Gasteiger partial charge in [0.2, 0.25) is 0 Å². The Hall–Kier alpha value is -0.450. The molecule has 0 spiro atoms. The number of hydrazine groups is 1. The Morgan fingerprint density at radius 3 is 2.38 bits per heavy atom. The van der Waals surface area contributed by atoms with E-state index in [-0.39, 0.29) is 11.7 Å². The average Bonchev–Trinajstić information content (AvgIpc) is 2.17. The lowest BCUT2D eigenvalue weighted by Gasteiger charge is -2.29. The van der Waals surface area contributed by atoms with Gasteiger partial charge < -0.3 is 5.11 Å². The molecular weight excluding hydrogens is 168 g/mol. The van der Waals surface area contributed by atoms with Gasteiger partial charge in [-0.3, -0.25) is 16.1 Å². The van der Waals surface area contributed by atoms with Crippen molar-refractivity contribution in [1.29, 1.82) is 0 Å². The predicted molar refractivity (Wildman–Crippen MR) is 49.8 cm³/mol. The lowest BCUT2D eigenvalue weighted by Crippen LogP contribution is -2.40. The third-order valence-corrected chi connectivity index (χ3v) is 2.87. The molecule has 1 atom stereocenters. The Bertz CT molecular complexity index is 176. The molecule has 1 aliphatic carbocycles. The highest BCUT2D eigenvalue weighted by Gasteiger charge is 2.27. The summed E-state index contributed by atoms with van der Waals surface area (Å²) in [5, 5.41) is 9.51. The van der Waals surface area contributed by atoms with Gasteiger partial charge in [0, 0.05) is 6.04 Å². The Morgan fingerprint density at radius 2 is 2.00 bits per heavy atom. The predicted octanol–water partition coefficient (Wildman–Crippen LogP) is -0.0416. The van der Waals surface area contributed by atoms with Crippen LogP contribution in [0.5, 0.6) is 0 Å². The molecule has 0 aromatic rings. The van der Waals surface area contributed by atoms with E-state index in [1.54, 1.807) is 0 Å². The maximum atomic E-state index is 10.9. The fourth-order valence-corrected chi connectivity index (χ4v) is 1.93. The van der Waals surface area contributed by atoms with Gasteiger partial charge in [0.15, 0.2) is 5.78 Å². The highest BCUT2D eigenvalue weighted by molar-refractivity contribution is 5.80. The van der Waals surface area contributed by atoms with E-state index in [0.29, 0.717) is 6.04 Å². The molecular formula is C9H18N2O2. The maximum absolute atomic E-state index is 10.9. The minimum Gasteiger partial charge on any atom is -0.385 e. The topological polar surface area (TPSA) is 75.3 Å². The molecule has 4 N–H and O–H groups in total. The van der Waals surface area contributed by atoms with Crippen molar-refractivity contribution >= 4 is 5.78 Å². The molecule has 4 nitrogen and oxygen atoms in total. The number of Topliss-reactive ketones (excluding diaryl/α,β-unsaturated/α-hetero) is 1. The first-order valence-electron chi connectivity index (χ1n) is 4.79. The van der Waals surface area contributed by atoms with Gasteiger partial charge in [-0.05, 0) is 38.5 Å². The van der Waals surface area contributed by atoms with E-state index in [0.717, 1.165) is 25.7 Å². The third kappa shape index (κ3) is 2.76. The molecule has 1 rings (SSSR count). The molecule has 4 heteroatoms. The van der Waals surface area contributed by atoms with Gasteiger partial charge in [0.1, 0.15) is 6.10 Å². The number of nitrogens with one attached hydrogen (secondary N) is 1. The molecule has 1 fully saturated rings. The summed E-state index contributed by atoms with van der Waals surface area (Å²) in [6.45, 7) is 1.44. The van der Waals surface area contributed by atoms with Gasteiger partial charge in [-0.1, -0.05) is 0 Å². The Balaban J connectivity index is 2.36. The van der Waals surface area contributed by atoms with E-state index < -0.39 is 6.10 Å². The summed E-state index contributed by atoms with van der Waals surface area (Å²) in [6.07, 6.45) is 2.90. The van der Waals surface area contributed by atoms with Crippen LogP contribution < -0.4 is 11.3 Å². The molecule has 0 bridgehead atoms. The molecule has 0 aromatic carbocycles. The van der Waals surface area contributed by atoms with Crippen LogP contribution in [0.15, 0.2) is 0 Å². The summed E-state index contributed by atoms with van der Waals surface area (Å²) in [4.78, 5) is 10.9. The van der Waals surface area contributed by atoms with Crippen molar-refractivity contribution < 1.29 is 9.90 Å². The van der Waals surface area contributed by atoms with E-state index in [1.807, 2.05) is 0 Å². The molecule has 1 aliphatic rings. The number of nitrogens with two attached hydrogens (primary N) is 1. The Kier molecular flexibility index (Phi) is 3.84. The van der Waals surface area contributed by atoms with Gasteiger partial charge in [-0.2, -0.15) is 0 Å². The molecule has 0 aliphatic heterocycles. The zero-order valence-corrected chi connectivity index (χ0v) is 7.99. The smallest absolute Gasteiger partial charge is 0.158 e. The van der Waals surface area contributed by atoms with Crippen LogP contribution in [0, 0.1) is 5.92 Å². The van der Waals surface area contributed by atoms with Crippen molar-refractivity contribution in [2.24, 2.45) is 11.8 Å². The number of aliphatic hydroxyl groups excluding tert-OH is 1. The van der Waals surface area contributed by atoms with E-state index in [9.17, 15) is 9.90 Å². The zero-order valence-electron chi connectivity index (χ0n) is 7.99. The van der Waals surface area contributed by atoms with Crippen molar-refractivity contribution in [3.8, 4) is 0 Å². The first-order chi connectivity index (χ1) is 6.15. The van der Waals surface area contributed by atoms with Crippen molar-refractivity contribution in [2.45, 2.75) is 44.8 Å². The van der Waals surface area contributed by atoms with Gasteiger partial charge >= 0.3 is 0 Å². The van der Waals surface area contributed by atoms with Crippen LogP contribution in [-0.2, 0) is 4.79 Å². The summed E-state index contributed by atoms with van der Waals surface area (Å²) in [6, 6.07) is 0.357. The van der Waals surface area contributed by atoms with Crippen LogP contribution in [0.4, 0.5) is 0 Å². The first-order valence-corrected chi connectivity index (χ1v) is 4.79. The van der Waals surface area contributed by atoms with Crippen LogP contribution in [0.3, 0.4) is 0 Å². The highest BCUT2D eigenvalue weighted by atomic mass is 16.3. The molecule has 0 amide bonds. The molecule has 0 saturated heterocycles. The van der Waals surface area contributed by atoms with E-state index in [4.69, 9.17) is 5.84 Å². The summed E-state index contributed by atoms with van der Waals surface area (Å²) >= 11 is 0. The fraction of sp³-hybridized carbons (Fsp3) is 0.889. The van der Waals surface area contributed by atoms with Crippen LogP contribution in [0.2, 0.25) is 0 Å². The second kappa shape index (κ2) is 4.69. The maximum Gasteiger partial charge on any atom is 0.158 e. The van der Waals surface area contributed by atoms with Gasteiger partial charge in [0.05, 0.1) is 0 Å². The molecule has 76 valence electrons. The van der Waals surface area contributed by atoms with Gasteiger partial charge in [-0.15, -0.1) is 0 Å². The quantitative estimate of drug-likeness (QED) is 0.427. The van der Waals surface area contributed by atoms with Crippen LogP contribution in [-0.4, -0.2) is 23.0 Å². The number of rotatable bonds is 3. The molecule has 0 heterocycles. The summed E-state index contributed by atoms with van der Waals surface area (Å²) in [5.41, 5.74) is 2.73. The minimum atomic E-state index is -0.765. The lowest BCUT2D eigenvalue weighted by atomic mass is 9.82. The van der Waals surface area contributed by atoms with Crippen molar-refractivity contribution in [3.63, 3.8) is 0 Å². The lowest BCUT2D eigenvalue weighted by molar-refractivity contribution is -0.128. The van der Waals surface area contributed by atoms with Crippen molar-refractivity contribution in [3.05, 3.63) is 0 Å². The first kappa shape index (κ1) is 10.6. The Labute approximate surface area is 78.5 Å². The van der Waals surface area contributed by atoms with Crippen LogP contribution in [0.25, 0.3) is 0 Å². The minimum absolute atomic E-state index is 0.121. The van der Waals surface area contributed by atoms with Crippen LogP contribution in [0.1, 0.15) is 32.6 Å². The Morgan fingerprint density at radius 1 is 1.46 bits per heavy atom. The molecule has 0 radical (unpaired) electrons. The third-order valence-electron chi connectivity index (χ3n) is 2.87. The number of carbonyl (C=O) groups is 1. The highest BCUT2D eigenvalue weighted by Crippen LogP contribution is 2.26. The second-order valence-corrected chi connectivity index (χ2v) is 3.83. The van der Waals surface area contributed by atoms with Crippen molar-refractivity contribution in [2.75, 3.05) is 0 Å². The van der Waals surface area contributed by atoms with Crippen molar-refractivity contribution in [1.82, 2.24) is 5.43 Å². The number of aliphatic hydroxyl groups is 1. The summed E-state index contributed by atoms with van der Waals surface area (Å²) in [7, 11) is 0. The zero-order chi connectivity index (χ0) is 9.84. The van der Waals surface area contributed by atoms with Gasteiger partial charge in [0.25, 0.3) is 0 Å². The second-order valence-electron chi connectivity index (χ2n) is 3.83. The number of hydrogen-bond acceptors (Lipinski definition) is 4. The fourth-order valence-electron chi connectivity index (χ4n) is 1.93. The largest absolute Gasteiger partial charge is 0.385 e. The number of hydrogen-bond donors (Lipinski definition) is 3. The normalized spacial score (nSPS) is 31.3. The monoisotopic (exact) mass is 186 g/mol. The standard InChI is InChI=1S/C9H18N2O2/c1-6(12)9(13)7-2-4-8(11-10)5-3-7/h7-9,11,13H,2-5,10H2,1H3. The summed E-state index contributed by atoms with van der Waals surface area (Å²) in [5.74, 6) is 5.32. The number of ketones is 1. The number of carbonyl (C=O) groups excluding carboxylic acids is 1. The molecule has 13 heavy (non-hydrogen) atoms. The molecule has 0 aromatic heterocycles. The summed E-state index contributed by atoms with van der Waals surface area (Å²) < 4.78 is 0. The van der Waals surface area contributed by atoms with E-state index in [2.05, 4.69) is 5.43 Å². The average molecular weight is 186 g/mol. The van der Waals surface area contributed by atoms with E-state index in [1.165, 1.54) is 6.92 Å². The molecule has 1 saturated carbocycles. The van der Waals surface area contributed by atoms with Crippen LogP contribution >= 0.6 is 0 Å².